The monoisotopic (exact) mass is 411 g/mol. The Morgan fingerprint density at radius 3 is 2.55 bits per heavy atom. The molecule has 0 bridgehead atoms. The Morgan fingerprint density at radius 2 is 1.86 bits per heavy atom. The number of aryl methyl sites for hydroxylation is 3. The van der Waals surface area contributed by atoms with E-state index in [0.29, 0.717) is 23.9 Å². The van der Waals surface area contributed by atoms with Gasteiger partial charge in [0.25, 0.3) is 5.91 Å². The minimum Gasteiger partial charge on any atom is -0.451 e. The van der Waals surface area contributed by atoms with Gasteiger partial charge in [-0.2, -0.15) is 0 Å². The third-order valence-electron chi connectivity index (χ3n) is 5.77. The Balaban J connectivity index is 1.67. The SMILES string of the molecule is Cc1cc2oc(C(=O)N(Cc3ccc(Cl)cc3)C[C@H]3CCCO3)c(C)c2cc1C. The highest BCUT2D eigenvalue weighted by Crippen LogP contribution is 2.29. The number of nitrogens with zero attached hydrogens (tertiary/aromatic N) is 1. The second-order valence-electron chi connectivity index (χ2n) is 7.94. The van der Waals surface area contributed by atoms with Gasteiger partial charge < -0.3 is 14.1 Å². The molecule has 0 aliphatic carbocycles. The van der Waals surface area contributed by atoms with Crippen LogP contribution in [0.2, 0.25) is 5.02 Å². The molecular weight excluding hydrogens is 386 g/mol. The Kier molecular flexibility index (Phi) is 5.66. The van der Waals surface area contributed by atoms with Crippen LogP contribution in [0.3, 0.4) is 0 Å². The molecule has 1 aliphatic heterocycles. The zero-order valence-corrected chi connectivity index (χ0v) is 17.9. The van der Waals surface area contributed by atoms with Gasteiger partial charge in [-0.15, -0.1) is 0 Å². The summed E-state index contributed by atoms with van der Waals surface area (Å²) in [7, 11) is 0. The molecule has 152 valence electrons. The van der Waals surface area contributed by atoms with Crippen molar-refractivity contribution in [3.8, 4) is 0 Å². The fourth-order valence-corrected chi connectivity index (χ4v) is 4.01. The molecule has 4 rings (SSSR count). The van der Waals surface area contributed by atoms with Crippen LogP contribution in [0.5, 0.6) is 0 Å². The van der Waals surface area contributed by atoms with Crippen molar-refractivity contribution in [1.29, 1.82) is 0 Å². The molecule has 3 aromatic rings. The van der Waals surface area contributed by atoms with Gasteiger partial charge in [0.15, 0.2) is 5.76 Å². The third-order valence-corrected chi connectivity index (χ3v) is 6.02. The Hall–Kier alpha value is -2.30. The Labute approximate surface area is 176 Å². The van der Waals surface area contributed by atoms with Crippen LogP contribution < -0.4 is 0 Å². The summed E-state index contributed by atoms with van der Waals surface area (Å²) in [6, 6.07) is 11.7. The van der Waals surface area contributed by atoms with E-state index in [1.807, 2.05) is 42.2 Å². The van der Waals surface area contributed by atoms with Gasteiger partial charge >= 0.3 is 0 Å². The van der Waals surface area contributed by atoms with E-state index in [-0.39, 0.29) is 12.0 Å². The van der Waals surface area contributed by atoms with Gasteiger partial charge in [0.1, 0.15) is 5.58 Å². The number of hydrogen-bond donors (Lipinski definition) is 0. The average Bonchev–Trinajstić information content (AvgIpc) is 3.32. The first-order chi connectivity index (χ1) is 13.9. The van der Waals surface area contributed by atoms with E-state index in [9.17, 15) is 4.79 Å². The summed E-state index contributed by atoms with van der Waals surface area (Å²) in [6.45, 7) is 7.89. The molecule has 0 spiro atoms. The number of amides is 1. The lowest BCUT2D eigenvalue weighted by Crippen LogP contribution is -2.37. The van der Waals surface area contributed by atoms with E-state index in [1.54, 1.807) is 0 Å². The second kappa shape index (κ2) is 8.21. The number of benzene rings is 2. The fraction of sp³-hybridized carbons (Fsp3) is 0.375. The van der Waals surface area contributed by atoms with E-state index < -0.39 is 0 Å². The first-order valence-electron chi connectivity index (χ1n) is 10.1. The maximum Gasteiger partial charge on any atom is 0.290 e. The molecule has 4 nitrogen and oxygen atoms in total. The van der Waals surface area contributed by atoms with Crippen molar-refractivity contribution in [2.24, 2.45) is 0 Å². The van der Waals surface area contributed by atoms with Gasteiger partial charge in [0.2, 0.25) is 0 Å². The largest absolute Gasteiger partial charge is 0.451 e. The summed E-state index contributed by atoms with van der Waals surface area (Å²) in [5.74, 6) is 0.316. The number of hydrogen-bond acceptors (Lipinski definition) is 3. The van der Waals surface area contributed by atoms with Crippen LogP contribution in [0, 0.1) is 20.8 Å². The summed E-state index contributed by atoms with van der Waals surface area (Å²) < 4.78 is 11.8. The van der Waals surface area contributed by atoms with E-state index in [2.05, 4.69) is 19.9 Å². The smallest absolute Gasteiger partial charge is 0.290 e. The zero-order valence-electron chi connectivity index (χ0n) is 17.1. The van der Waals surface area contributed by atoms with Crippen LogP contribution in [0.25, 0.3) is 11.0 Å². The molecule has 0 unspecified atom stereocenters. The van der Waals surface area contributed by atoms with Gasteiger partial charge in [-0.3, -0.25) is 4.79 Å². The standard InChI is InChI=1S/C24H26ClNO3/c1-15-11-21-17(3)23(29-22(21)12-16(15)2)24(27)26(14-20-5-4-10-28-20)13-18-6-8-19(25)9-7-18/h6-9,11-12,20H,4-5,10,13-14H2,1-3H3/t20-/m1/s1. The predicted molar refractivity (Wildman–Crippen MR) is 116 cm³/mol. The number of rotatable bonds is 5. The Bertz CT molecular complexity index is 1030. The summed E-state index contributed by atoms with van der Waals surface area (Å²) in [4.78, 5) is 15.4. The lowest BCUT2D eigenvalue weighted by molar-refractivity contribution is 0.0485. The van der Waals surface area contributed by atoms with Gasteiger partial charge in [-0.1, -0.05) is 23.7 Å². The quantitative estimate of drug-likeness (QED) is 0.530. The van der Waals surface area contributed by atoms with Gasteiger partial charge in [-0.05, 0) is 74.6 Å². The molecule has 5 heteroatoms. The molecule has 1 aromatic heterocycles. The molecule has 1 fully saturated rings. The van der Waals surface area contributed by atoms with Crippen molar-refractivity contribution >= 4 is 28.5 Å². The molecule has 2 heterocycles. The topological polar surface area (TPSA) is 42.7 Å². The number of ether oxygens (including phenoxy) is 1. The average molecular weight is 412 g/mol. The van der Waals surface area contributed by atoms with Crippen LogP contribution in [-0.4, -0.2) is 30.1 Å². The summed E-state index contributed by atoms with van der Waals surface area (Å²) in [5.41, 5.74) is 5.03. The highest BCUT2D eigenvalue weighted by molar-refractivity contribution is 6.30. The summed E-state index contributed by atoms with van der Waals surface area (Å²) >= 11 is 6.02. The maximum atomic E-state index is 13.5. The van der Waals surface area contributed by atoms with E-state index in [4.69, 9.17) is 20.8 Å². The normalized spacial score (nSPS) is 16.5. The molecular formula is C24H26ClNO3. The molecule has 2 aromatic carbocycles. The van der Waals surface area contributed by atoms with E-state index >= 15 is 0 Å². The minimum atomic E-state index is -0.0977. The molecule has 1 atom stereocenters. The molecule has 1 saturated heterocycles. The number of carbonyl (C=O) groups is 1. The van der Waals surface area contributed by atoms with Crippen LogP contribution >= 0.6 is 11.6 Å². The molecule has 29 heavy (non-hydrogen) atoms. The van der Waals surface area contributed by atoms with Crippen molar-refractivity contribution in [3.63, 3.8) is 0 Å². The maximum absolute atomic E-state index is 13.5. The lowest BCUT2D eigenvalue weighted by atomic mass is 10.0. The predicted octanol–water partition coefficient (Wildman–Crippen LogP) is 5.83. The number of carbonyl (C=O) groups excluding carboxylic acids is 1. The third kappa shape index (κ3) is 4.19. The van der Waals surface area contributed by atoms with Crippen LogP contribution in [0.15, 0.2) is 40.8 Å². The van der Waals surface area contributed by atoms with E-state index in [1.165, 1.54) is 5.56 Å². The molecule has 0 radical (unpaired) electrons. The van der Waals surface area contributed by atoms with Gasteiger partial charge in [0.05, 0.1) is 6.10 Å². The lowest BCUT2D eigenvalue weighted by Gasteiger charge is -2.25. The highest BCUT2D eigenvalue weighted by atomic mass is 35.5. The zero-order chi connectivity index (χ0) is 20.5. The van der Waals surface area contributed by atoms with Crippen molar-refractivity contribution < 1.29 is 13.9 Å². The van der Waals surface area contributed by atoms with Crippen molar-refractivity contribution in [2.75, 3.05) is 13.2 Å². The summed E-state index contributed by atoms with van der Waals surface area (Å²) in [6.07, 6.45) is 2.08. The number of halogens is 1. The number of furan rings is 1. The molecule has 1 aliphatic rings. The van der Waals surface area contributed by atoms with Crippen molar-refractivity contribution in [2.45, 2.75) is 46.3 Å². The number of fused-ring (bicyclic) bond motifs is 1. The molecule has 1 amide bonds. The van der Waals surface area contributed by atoms with E-state index in [0.717, 1.165) is 47.1 Å². The fourth-order valence-electron chi connectivity index (χ4n) is 3.89. The molecule has 0 N–H and O–H groups in total. The first kappa shape index (κ1) is 20.0. The Morgan fingerprint density at radius 1 is 1.14 bits per heavy atom. The first-order valence-corrected chi connectivity index (χ1v) is 10.5. The summed E-state index contributed by atoms with van der Waals surface area (Å²) in [5, 5.41) is 1.68. The highest BCUT2D eigenvalue weighted by Gasteiger charge is 2.27. The van der Waals surface area contributed by atoms with Crippen LogP contribution in [0.4, 0.5) is 0 Å². The molecule has 0 saturated carbocycles. The van der Waals surface area contributed by atoms with Crippen molar-refractivity contribution in [3.05, 3.63) is 69.4 Å². The van der Waals surface area contributed by atoms with Crippen LogP contribution in [0.1, 0.15) is 45.7 Å². The van der Waals surface area contributed by atoms with Gasteiger partial charge in [0, 0.05) is 35.7 Å². The van der Waals surface area contributed by atoms with Gasteiger partial charge in [-0.25, -0.2) is 0 Å². The minimum absolute atomic E-state index is 0.0698. The van der Waals surface area contributed by atoms with Crippen molar-refractivity contribution in [1.82, 2.24) is 4.90 Å². The second-order valence-corrected chi connectivity index (χ2v) is 8.37. The van der Waals surface area contributed by atoms with Crippen LogP contribution in [-0.2, 0) is 11.3 Å².